The molecule has 1 N–H and O–H groups in total. The number of carbonyl (C=O) groups excluding carboxylic acids is 1. The maximum atomic E-state index is 11.8. The lowest BCUT2D eigenvalue weighted by Crippen LogP contribution is -2.47. The molecule has 0 aliphatic carbocycles. The minimum atomic E-state index is -0.949. The van der Waals surface area contributed by atoms with Crippen molar-refractivity contribution < 1.29 is 14.7 Å². The largest absolute Gasteiger partial charge is 0.480 e. The quantitative estimate of drug-likeness (QED) is 0.914. The fraction of sp³-hybridized carbons (Fsp3) is 0.385. The first-order chi connectivity index (χ1) is 8.59. The zero-order valence-electron chi connectivity index (χ0n) is 9.80. The van der Waals surface area contributed by atoms with Gasteiger partial charge in [0.25, 0.3) is 0 Å². The van der Waals surface area contributed by atoms with Crippen molar-refractivity contribution in [3.05, 3.63) is 34.9 Å². The Kier molecular flexibility index (Phi) is 3.87. The van der Waals surface area contributed by atoms with Crippen LogP contribution in [0.15, 0.2) is 24.3 Å². The number of hydrogen-bond acceptors (Lipinski definition) is 2. The number of carboxylic acid groups (broad SMARTS) is 1. The van der Waals surface area contributed by atoms with Crippen LogP contribution in [0.4, 0.5) is 0 Å². The first kappa shape index (κ1) is 12.9. The van der Waals surface area contributed by atoms with Gasteiger partial charge in [-0.1, -0.05) is 29.8 Å². The molecule has 1 heterocycles. The molecule has 1 atom stereocenters. The molecule has 0 bridgehead atoms. The molecule has 0 saturated carbocycles. The summed E-state index contributed by atoms with van der Waals surface area (Å²) < 4.78 is 0. The molecular formula is C13H14ClNO3. The van der Waals surface area contributed by atoms with Crippen LogP contribution in [0.3, 0.4) is 0 Å². The third-order valence-electron chi connectivity index (χ3n) is 3.15. The van der Waals surface area contributed by atoms with Crippen molar-refractivity contribution in [2.45, 2.75) is 31.8 Å². The van der Waals surface area contributed by atoms with Crippen LogP contribution < -0.4 is 0 Å². The molecule has 96 valence electrons. The highest BCUT2D eigenvalue weighted by atomic mass is 35.5. The Morgan fingerprint density at radius 1 is 1.44 bits per heavy atom. The fourth-order valence-electron chi connectivity index (χ4n) is 2.19. The Morgan fingerprint density at radius 2 is 2.17 bits per heavy atom. The summed E-state index contributed by atoms with van der Waals surface area (Å²) in [7, 11) is 0. The number of amides is 1. The zero-order chi connectivity index (χ0) is 13.1. The molecule has 1 aliphatic rings. The van der Waals surface area contributed by atoms with Gasteiger partial charge in [-0.15, -0.1) is 0 Å². The van der Waals surface area contributed by atoms with Crippen LogP contribution in [0.25, 0.3) is 0 Å². The Labute approximate surface area is 110 Å². The summed E-state index contributed by atoms with van der Waals surface area (Å²) in [6, 6.07) is 6.44. The topological polar surface area (TPSA) is 57.6 Å². The van der Waals surface area contributed by atoms with Gasteiger partial charge in [0.05, 0.1) is 0 Å². The van der Waals surface area contributed by atoms with Crippen molar-refractivity contribution in [2.24, 2.45) is 0 Å². The first-order valence-corrected chi connectivity index (χ1v) is 6.23. The number of likely N-dealkylation sites (tertiary alicyclic amines) is 1. The summed E-state index contributed by atoms with van der Waals surface area (Å²) in [5.74, 6) is -1.07. The van der Waals surface area contributed by atoms with Crippen LogP contribution in [0.5, 0.6) is 0 Å². The summed E-state index contributed by atoms with van der Waals surface area (Å²) in [5, 5.41) is 9.70. The lowest BCUT2D eigenvalue weighted by atomic mass is 10.0. The standard InChI is InChI=1S/C13H14ClNO3/c14-10-5-2-1-4-9(10)8-15-11(13(17)18)6-3-7-12(15)16/h1-2,4-5,11H,3,6-8H2,(H,17,18)/t11-/m0/s1. The van der Waals surface area contributed by atoms with Gasteiger partial charge in [-0.2, -0.15) is 0 Å². The smallest absolute Gasteiger partial charge is 0.326 e. The van der Waals surface area contributed by atoms with Crippen LogP contribution in [-0.4, -0.2) is 27.9 Å². The minimum Gasteiger partial charge on any atom is -0.480 e. The third-order valence-corrected chi connectivity index (χ3v) is 3.52. The van der Waals surface area contributed by atoms with Gasteiger partial charge in [-0.25, -0.2) is 4.79 Å². The highest BCUT2D eigenvalue weighted by Gasteiger charge is 2.33. The van der Waals surface area contributed by atoms with E-state index in [9.17, 15) is 9.59 Å². The van der Waals surface area contributed by atoms with Gasteiger partial charge in [0.1, 0.15) is 6.04 Å². The molecule has 5 heteroatoms. The van der Waals surface area contributed by atoms with E-state index in [2.05, 4.69) is 0 Å². The Hall–Kier alpha value is -1.55. The second-order valence-corrected chi connectivity index (χ2v) is 4.77. The van der Waals surface area contributed by atoms with Gasteiger partial charge < -0.3 is 10.0 Å². The predicted molar refractivity (Wildman–Crippen MR) is 67.3 cm³/mol. The van der Waals surface area contributed by atoms with Gasteiger partial charge in [0.15, 0.2) is 0 Å². The van der Waals surface area contributed by atoms with E-state index in [1.165, 1.54) is 4.90 Å². The second kappa shape index (κ2) is 5.40. The molecule has 1 saturated heterocycles. The van der Waals surface area contributed by atoms with Crippen LogP contribution in [0.2, 0.25) is 5.02 Å². The average molecular weight is 268 g/mol. The van der Waals surface area contributed by atoms with E-state index in [0.29, 0.717) is 24.3 Å². The number of benzene rings is 1. The van der Waals surface area contributed by atoms with E-state index in [4.69, 9.17) is 16.7 Å². The number of halogens is 1. The zero-order valence-corrected chi connectivity index (χ0v) is 10.6. The molecule has 0 radical (unpaired) electrons. The maximum absolute atomic E-state index is 11.8. The Bertz CT molecular complexity index is 475. The molecule has 0 unspecified atom stereocenters. The first-order valence-electron chi connectivity index (χ1n) is 5.85. The molecular weight excluding hydrogens is 254 g/mol. The van der Waals surface area contributed by atoms with Crippen molar-refractivity contribution in [3.63, 3.8) is 0 Å². The van der Waals surface area contributed by atoms with E-state index < -0.39 is 12.0 Å². The lowest BCUT2D eigenvalue weighted by molar-refractivity contribution is -0.153. The normalized spacial score (nSPS) is 19.9. The summed E-state index contributed by atoms with van der Waals surface area (Å²) >= 11 is 6.03. The monoisotopic (exact) mass is 267 g/mol. The van der Waals surface area contributed by atoms with Crippen LogP contribution in [-0.2, 0) is 16.1 Å². The molecule has 1 aliphatic heterocycles. The summed E-state index contributed by atoms with van der Waals surface area (Å²) in [6.07, 6.45) is 1.55. The van der Waals surface area contributed by atoms with Crippen molar-refractivity contribution in [2.75, 3.05) is 0 Å². The van der Waals surface area contributed by atoms with Crippen molar-refractivity contribution >= 4 is 23.5 Å². The molecule has 1 amide bonds. The number of hydrogen-bond donors (Lipinski definition) is 1. The molecule has 18 heavy (non-hydrogen) atoms. The molecule has 0 aromatic heterocycles. The molecule has 1 aromatic rings. The van der Waals surface area contributed by atoms with Gasteiger partial charge in [0, 0.05) is 18.0 Å². The van der Waals surface area contributed by atoms with Gasteiger partial charge in [0.2, 0.25) is 5.91 Å². The summed E-state index contributed by atoms with van der Waals surface area (Å²) in [6.45, 7) is 0.259. The van der Waals surface area contributed by atoms with Crippen molar-refractivity contribution in [3.8, 4) is 0 Å². The van der Waals surface area contributed by atoms with Crippen LogP contribution in [0.1, 0.15) is 24.8 Å². The maximum Gasteiger partial charge on any atom is 0.326 e. The number of aliphatic carboxylic acids is 1. The summed E-state index contributed by atoms with van der Waals surface area (Å²) in [4.78, 5) is 24.4. The van der Waals surface area contributed by atoms with Crippen molar-refractivity contribution in [1.82, 2.24) is 4.90 Å². The third kappa shape index (κ3) is 2.64. The number of carbonyl (C=O) groups is 2. The number of piperidine rings is 1. The van der Waals surface area contributed by atoms with Crippen LogP contribution in [0, 0.1) is 0 Å². The fourth-order valence-corrected chi connectivity index (χ4v) is 2.38. The van der Waals surface area contributed by atoms with E-state index in [0.717, 1.165) is 5.56 Å². The Morgan fingerprint density at radius 3 is 2.83 bits per heavy atom. The molecule has 0 spiro atoms. The van der Waals surface area contributed by atoms with Gasteiger partial charge >= 0.3 is 5.97 Å². The van der Waals surface area contributed by atoms with E-state index in [1.807, 2.05) is 12.1 Å². The van der Waals surface area contributed by atoms with Gasteiger partial charge in [-0.05, 0) is 24.5 Å². The van der Waals surface area contributed by atoms with Crippen LogP contribution >= 0.6 is 11.6 Å². The summed E-state index contributed by atoms with van der Waals surface area (Å²) in [5.41, 5.74) is 0.778. The predicted octanol–water partition coefficient (Wildman–Crippen LogP) is 2.31. The number of carboxylic acids is 1. The van der Waals surface area contributed by atoms with E-state index >= 15 is 0 Å². The van der Waals surface area contributed by atoms with Crippen molar-refractivity contribution in [1.29, 1.82) is 0 Å². The van der Waals surface area contributed by atoms with E-state index in [-0.39, 0.29) is 12.5 Å². The molecule has 4 nitrogen and oxygen atoms in total. The van der Waals surface area contributed by atoms with Gasteiger partial charge in [-0.3, -0.25) is 4.79 Å². The minimum absolute atomic E-state index is 0.117. The average Bonchev–Trinajstić information content (AvgIpc) is 2.34. The Balaban J connectivity index is 2.21. The molecule has 1 fully saturated rings. The second-order valence-electron chi connectivity index (χ2n) is 4.36. The number of nitrogens with zero attached hydrogens (tertiary/aromatic N) is 1. The number of rotatable bonds is 3. The SMILES string of the molecule is O=C(O)[C@@H]1CCCC(=O)N1Cc1ccccc1Cl. The highest BCUT2D eigenvalue weighted by Crippen LogP contribution is 2.24. The lowest BCUT2D eigenvalue weighted by Gasteiger charge is -2.33. The molecule has 1 aromatic carbocycles. The van der Waals surface area contributed by atoms with E-state index in [1.54, 1.807) is 12.1 Å². The highest BCUT2D eigenvalue weighted by molar-refractivity contribution is 6.31. The molecule has 2 rings (SSSR count).